The van der Waals surface area contributed by atoms with E-state index < -0.39 is 0 Å². The number of thioether (sulfide) groups is 1. The lowest BCUT2D eigenvalue weighted by atomic mass is 10.4. The van der Waals surface area contributed by atoms with Crippen molar-refractivity contribution in [2.24, 2.45) is 5.84 Å². The van der Waals surface area contributed by atoms with E-state index in [0.717, 1.165) is 22.3 Å². The van der Waals surface area contributed by atoms with E-state index >= 15 is 0 Å². The van der Waals surface area contributed by atoms with Gasteiger partial charge in [0.15, 0.2) is 5.11 Å². The molecule has 1 amide bonds. The van der Waals surface area contributed by atoms with E-state index in [4.69, 9.17) is 18.1 Å². The normalized spacial score (nSPS) is 27.3. The monoisotopic (exact) mass is 244 g/mol. The molecule has 0 bridgehead atoms. The molecule has 0 saturated carbocycles. The fraction of sp³-hybridized carbons (Fsp3) is 0.500. The molecule has 2 heterocycles. The highest BCUT2D eigenvalue weighted by molar-refractivity contribution is 8.03. The van der Waals surface area contributed by atoms with E-state index in [1.165, 1.54) is 0 Å². The topological polar surface area (TPSA) is 52.8 Å². The third-order valence-corrected chi connectivity index (χ3v) is 4.10. The van der Waals surface area contributed by atoms with Gasteiger partial charge in [-0.25, -0.2) is 10.9 Å². The SMILES string of the molecule is CN1CCS/C1=C1/C(=O)N(N)C(=S)N1C. The van der Waals surface area contributed by atoms with Crippen molar-refractivity contribution in [2.75, 3.05) is 26.4 Å². The number of amides is 1. The molecule has 2 rings (SSSR count). The maximum absolute atomic E-state index is 11.8. The first-order valence-electron chi connectivity index (χ1n) is 4.49. The molecule has 0 aliphatic carbocycles. The highest BCUT2D eigenvalue weighted by Crippen LogP contribution is 2.33. The first-order valence-corrected chi connectivity index (χ1v) is 5.88. The summed E-state index contributed by atoms with van der Waals surface area (Å²) in [7, 11) is 3.73. The average molecular weight is 244 g/mol. The van der Waals surface area contributed by atoms with Crippen LogP contribution in [0.5, 0.6) is 0 Å². The third kappa shape index (κ3) is 1.51. The molecule has 82 valence electrons. The van der Waals surface area contributed by atoms with Crippen LogP contribution in [0.25, 0.3) is 0 Å². The number of rotatable bonds is 0. The number of carbonyl (C=O) groups excluding carboxylic acids is 1. The van der Waals surface area contributed by atoms with Crippen LogP contribution in [0.3, 0.4) is 0 Å². The van der Waals surface area contributed by atoms with Gasteiger partial charge in [0.25, 0.3) is 5.91 Å². The maximum atomic E-state index is 11.8. The van der Waals surface area contributed by atoms with Gasteiger partial charge >= 0.3 is 0 Å². The number of thiocarbonyl (C=S) groups is 1. The second-order valence-electron chi connectivity index (χ2n) is 3.44. The van der Waals surface area contributed by atoms with E-state index in [9.17, 15) is 4.79 Å². The second kappa shape index (κ2) is 3.66. The fourth-order valence-electron chi connectivity index (χ4n) is 1.58. The third-order valence-electron chi connectivity index (χ3n) is 2.46. The smallest absolute Gasteiger partial charge is 0.293 e. The van der Waals surface area contributed by atoms with Crippen LogP contribution in [0.15, 0.2) is 10.7 Å². The van der Waals surface area contributed by atoms with Crippen LogP contribution in [0.4, 0.5) is 0 Å². The zero-order chi connectivity index (χ0) is 11.2. The molecule has 2 aliphatic rings. The quantitative estimate of drug-likeness (QED) is 0.275. The predicted octanol–water partition coefficient (Wildman–Crippen LogP) is -0.233. The molecule has 0 radical (unpaired) electrons. The lowest BCUT2D eigenvalue weighted by molar-refractivity contribution is -0.122. The highest BCUT2D eigenvalue weighted by atomic mass is 32.2. The molecule has 0 unspecified atom stereocenters. The van der Waals surface area contributed by atoms with Gasteiger partial charge in [-0.05, 0) is 12.2 Å². The number of carbonyl (C=O) groups is 1. The van der Waals surface area contributed by atoms with Gasteiger partial charge in [0.05, 0.1) is 0 Å². The van der Waals surface area contributed by atoms with Crippen molar-refractivity contribution in [3.8, 4) is 0 Å². The van der Waals surface area contributed by atoms with E-state index in [2.05, 4.69) is 4.90 Å². The van der Waals surface area contributed by atoms with Crippen molar-refractivity contribution in [3.63, 3.8) is 0 Å². The summed E-state index contributed by atoms with van der Waals surface area (Å²) in [6.45, 7) is 0.946. The van der Waals surface area contributed by atoms with E-state index in [1.807, 2.05) is 7.05 Å². The molecule has 2 N–H and O–H groups in total. The molecule has 2 aliphatic heterocycles. The van der Waals surface area contributed by atoms with Gasteiger partial charge in [-0.2, -0.15) is 0 Å². The van der Waals surface area contributed by atoms with Crippen molar-refractivity contribution in [3.05, 3.63) is 10.7 Å². The van der Waals surface area contributed by atoms with Crippen LogP contribution in [0.1, 0.15) is 0 Å². The Balaban J connectivity index is 2.45. The summed E-state index contributed by atoms with van der Waals surface area (Å²) in [6, 6.07) is 0. The van der Waals surface area contributed by atoms with E-state index in [-0.39, 0.29) is 5.91 Å². The molecule has 0 aromatic rings. The molecule has 0 aromatic carbocycles. The first kappa shape index (κ1) is 10.7. The number of hydrazine groups is 1. The van der Waals surface area contributed by atoms with E-state index in [1.54, 1.807) is 23.7 Å². The summed E-state index contributed by atoms with van der Waals surface area (Å²) in [4.78, 5) is 15.6. The summed E-state index contributed by atoms with van der Waals surface area (Å²) < 4.78 is 0. The van der Waals surface area contributed by atoms with Gasteiger partial charge in [0, 0.05) is 26.4 Å². The van der Waals surface area contributed by atoms with Gasteiger partial charge in [0.2, 0.25) is 0 Å². The molecule has 0 aromatic heterocycles. The van der Waals surface area contributed by atoms with Gasteiger partial charge in [-0.15, -0.1) is 11.8 Å². The van der Waals surface area contributed by atoms with Crippen LogP contribution in [-0.2, 0) is 4.79 Å². The summed E-state index contributed by atoms with van der Waals surface area (Å²) in [5.41, 5.74) is 0.590. The Kier molecular flexibility index (Phi) is 2.61. The van der Waals surface area contributed by atoms with Crippen molar-refractivity contribution >= 4 is 35.0 Å². The Morgan fingerprint density at radius 1 is 1.47 bits per heavy atom. The Hall–Kier alpha value is -0.790. The number of likely N-dealkylation sites (N-methyl/N-ethyl adjacent to an activating group) is 1. The van der Waals surface area contributed by atoms with Crippen LogP contribution < -0.4 is 5.84 Å². The maximum Gasteiger partial charge on any atom is 0.293 e. The van der Waals surface area contributed by atoms with Crippen LogP contribution in [0.2, 0.25) is 0 Å². The van der Waals surface area contributed by atoms with Crippen molar-refractivity contribution in [1.29, 1.82) is 0 Å². The van der Waals surface area contributed by atoms with Crippen molar-refractivity contribution < 1.29 is 4.79 Å². The molecule has 2 fully saturated rings. The highest BCUT2D eigenvalue weighted by Gasteiger charge is 2.38. The molecular formula is C8H12N4OS2. The second-order valence-corrected chi connectivity index (χ2v) is 4.89. The van der Waals surface area contributed by atoms with Crippen molar-refractivity contribution in [2.45, 2.75) is 0 Å². The largest absolute Gasteiger partial charge is 0.367 e. The fourth-order valence-corrected chi connectivity index (χ4v) is 2.98. The predicted molar refractivity (Wildman–Crippen MR) is 63.5 cm³/mol. The Morgan fingerprint density at radius 2 is 2.13 bits per heavy atom. The first-order chi connectivity index (χ1) is 7.04. The van der Waals surface area contributed by atoms with Gasteiger partial charge in [0.1, 0.15) is 10.7 Å². The lowest BCUT2D eigenvalue weighted by Crippen LogP contribution is -2.37. The molecule has 2 saturated heterocycles. The number of hydrogen-bond donors (Lipinski definition) is 1. The lowest BCUT2D eigenvalue weighted by Gasteiger charge is -2.17. The summed E-state index contributed by atoms with van der Waals surface area (Å²) in [5, 5.41) is 2.32. The number of nitrogens with zero attached hydrogens (tertiary/aromatic N) is 3. The van der Waals surface area contributed by atoms with Crippen LogP contribution >= 0.6 is 24.0 Å². The minimum Gasteiger partial charge on any atom is -0.367 e. The average Bonchev–Trinajstić information content (AvgIpc) is 2.68. The minimum atomic E-state index is -0.223. The minimum absolute atomic E-state index is 0.223. The molecule has 0 spiro atoms. The van der Waals surface area contributed by atoms with Gasteiger partial charge in [-0.1, -0.05) is 0 Å². The molecular weight excluding hydrogens is 232 g/mol. The Bertz CT molecular complexity index is 368. The molecule has 0 atom stereocenters. The zero-order valence-electron chi connectivity index (χ0n) is 8.56. The molecule has 7 heteroatoms. The van der Waals surface area contributed by atoms with Crippen LogP contribution in [0, 0.1) is 0 Å². The number of nitrogens with two attached hydrogens (primary N) is 1. The molecule has 5 nitrogen and oxygen atoms in total. The summed E-state index contributed by atoms with van der Waals surface area (Å²) in [6.07, 6.45) is 0. The zero-order valence-corrected chi connectivity index (χ0v) is 10.2. The van der Waals surface area contributed by atoms with Gasteiger partial charge in [-0.3, -0.25) is 4.79 Å². The van der Waals surface area contributed by atoms with Crippen LogP contribution in [-0.4, -0.2) is 52.2 Å². The summed E-state index contributed by atoms with van der Waals surface area (Å²) >= 11 is 6.70. The molecule has 15 heavy (non-hydrogen) atoms. The Morgan fingerprint density at radius 3 is 2.53 bits per heavy atom. The number of hydrogen-bond acceptors (Lipinski definition) is 5. The van der Waals surface area contributed by atoms with E-state index in [0.29, 0.717) is 10.8 Å². The van der Waals surface area contributed by atoms with Crippen molar-refractivity contribution in [1.82, 2.24) is 14.8 Å². The summed E-state index contributed by atoms with van der Waals surface area (Å²) in [5.74, 6) is 6.33. The Labute approximate surface area is 97.8 Å². The van der Waals surface area contributed by atoms with Gasteiger partial charge < -0.3 is 9.80 Å². The standard InChI is InChI=1S/C8H12N4OS2/c1-10-3-4-15-7(10)5-6(13)12(9)8(14)11(5)2/h3-4,9H2,1-2H3/b7-5-.